The number of aliphatic hydroxyl groups excluding tert-OH is 1. The number of ketones is 1. The SMILES string of the molecule is C=C/C=C(C(=O)c1ccc(CCO)c(N2CCC(Oc3ncccc3Cl)C2)c1)\C(Cl)=C/C. The molecule has 1 aromatic heterocycles. The maximum Gasteiger partial charge on any atom is 0.232 e. The van der Waals surface area contributed by atoms with Gasteiger partial charge in [-0.05, 0) is 37.1 Å². The second-order valence-corrected chi connectivity index (χ2v) is 8.18. The van der Waals surface area contributed by atoms with Gasteiger partial charge in [0.15, 0.2) is 5.78 Å². The monoisotopic (exact) mass is 472 g/mol. The van der Waals surface area contributed by atoms with Crippen molar-refractivity contribution in [2.24, 2.45) is 0 Å². The van der Waals surface area contributed by atoms with Crippen LogP contribution in [0.15, 0.2) is 71.9 Å². The molecule has 0 bridgehead atoms. The molecule has 5 nitrogen and oxygen atoms in total. The number of ether oxygens (including phenoxy) is 1. The maximum atomic E-state index is 13.2. The number of aromatic nitrogens is 1. The van der Waals surface area contributed by atoms with Crippen molar-refractivity contribution in [2.75, 3.05) is 24.6 Å². The van der Waals surface area contributed by atoms with E-state index in [4.69, 9.17) is 27.9 Å². The van der Waals surface area contributed by atoms with Gasteiger partial charge >= 0.3 is 0 Å². The van der Waals surface area contributed by atoms with Crippen LogP contribution in [0.3, 0.4) is 0 Å². The second-order valence-electron chi connectivity index (χ2n) is 7.36. The molecular formula is C25H26Cl2N2O3. The summed E-state index contributed by atoms with van der Waals surface area (Å²) >= 11 is 12.4. The van der Waals surface area contributed by atoms with Crippen LogP contribution in [-0.4, -0.2) is 41.7 Å². The fraction of sp³-hybridized carbons (Fsp3) is 0.280. The van der Waals surface area contributed by atoms with E-state index >= 15 is 0 Å². The molecule has 1 unspecified atom stereocenters. The summed E-state index contributed by atoms with van der Waals surface area (Å²) in [6.07, 6.45) is 7.68. The summed E-state index contributed by atoms with van der Waals surface area (Å²) in [7, 11) is 0. The number of carbonyl (C=O) groups is 1. The Labute approximate surface area is 198 Å². The summed E-state index contributed by atoms with van der Waals surface area (Å²) in [6, 6.07) is 9.02. The normalized spacial score (nSPS) is 16.9. The van der Waals surface area contributed by atoms with E-state index in [-0.39, 0.29) is 18.5 Å². The Morgan fingerprint density at radius 1 is 1.41 bits per heavy atom. The van der Waals surface area contributed by atoms with Crippen LogP contribution >= 0.6 is 23.2 Å². The maximum absolute atomic E-state index is 13.2. The average Bonchev–Trinajstić information content (AvgIpc) is 3.27. The first-order chi connectivity index (χ1) is 15.5. The third-order valence-corrected chi connectivity index (χ3v) is 5.97. The summed E-state index contributed by atoms with van der Waals surface area (Å²) in [5.74, 6) is 0.234. The zero-order valence-electron chi connectivity index (χ0n) is 17.9. The number of allylic oxidation sites excluding steroid dienone is 5. The number of hydrogen-bond acceptors (Lipinski definition) is 5. The molecule has 3 rings (SSSR count). The van der Waals surface area contributed by atoms with Crippen LogP contribution in [0.4, 0.5) is 5.69 Å². The minimum Gasteiger partial charge on any atom is -0.471 e. The van der Waals surface area contributed by atoms with Crippen molar-refractivity contribution in [3.8, 4) is 5.88 Å². The number of benzene rings is 1. The molecule has 1 aromatic carbocycles. The second kappa shape index (κ2) is 11.3. The summed E-state index contributed by atoms with van der Waals surface area (Å²) in [5.41, 5.74) is 2.77. The lowest BCUT2D eigenvalue weighted by molar-refractivity contribution is 0.103. The highest BCUT2D eigenvalue weighted by Crippen LogP contribution is 2.31. The van der Waals surface area contributed by atoms with E-state index in [2.05, 4.69) is 16.5 Å². The number of Topliss-reactive ketones (excluding diaryl/α,β-unsaturated/α-hetero) is 1. The predicted octanol–water partition coefficient (Wildman–Crippen LogP) is 5.37. The fourth-order valence-corrected chi connectivity index (χ4v) is 4.00. The van der Waals surface area contributed by atoms with Gasteiger partial charge in [0.25, 0.3) is 0 Å². The molecular weight excluding hydrogens is 447 g/mol. The topological polar surface area (TPSA) is 62.7 Å². The van der Waals surface area contributed by atoms with E-state index in [0.29, 0.717) is 40.0 Å². The molecule has 1 N–H and O–H groups in total. The standard InChI is InChI=1S/C25H26Cl2N2O3/c1-3-6-20(21(26)4-2)24(31)18-9-8-17(11-14-30)23(15-18)29-13-10-19(16-29)32-25-22(27)7-5-12-28-25/h3-9,12,15,19,30H,1,10-11,13-14,16H2,2H3/b20-6+,21-4+. The lowest BCUT2D eigenvalue weighted by Gasteiger charge is -2.23. The molecule has 0 radical (unpaired) electrons. The summed E-state index contributed by atoms with van der Waals surface area (Å²) in [4.78, 5) is 19.5. The van der Waals surface area contributed by atoms with Crippen molar-refractivity contribution in [1.29, 1.82) is 0 Å². The number of halogens is 2. The van der Waals surface area contributed by atoms with E-state index in [9.17, 15) is 9.90 Å². The van der Waals surface area contributed by atoms with Crippen molar-refractivity contribution in [1.82, 2.24) is 4.98 Å². The molecule has 2 heterocycles. The molecule has 1 aliphatic heterocycles. The third-order valence-electron chi connectivity index (χ3n) is 5.26. The summed E-state index contributed by atoms with van der Waals surface area (Å²) in [5, 5.41) is 10.4. The van der Waals surface area contributed by atoms with Crippen molar-refractivity contribution >= 4 is 34.7 Å². The Hall–Kier alpha value is -2.60. The van der Waals surface area contributed by atoms with Crippen LogP contribution in [0.2, 0.25) is 5.02 Å². The number of anilines is 1. The van der Waals surface area contributed by atoms with E-state index in [0.717, 1.165) is 24.2 Å². The van der Waals surface area contributed by atoms with Crippen molar-refractivity contribution < 1.29 is 14.6 Å². The molecule has 168 valence electrons. The number of hydrogen-bond donors (Lipinski definition) is 1. The predicted molar refractivity (Wildman–Crippen MR) is 130 cm³/mol. The highest BCUT2D eigenvalue weighted by atomic mass is 35.5. The van der Waals surface area contributed by atoms with Crippen LogP contribution in [0.1, 0.15) is 29.3 Å². The molecule has 0 saturated carbocycles. The Bertz CT molecular complexity index is 1050. The van der Waals surface area contributed by atoms with E-state index in [1.54, 1.807) is 49.5 Å². The van der Waals surface area contributed by atoms with Gasteiger partial charge < -0.3 is 14.7 Å². The van der Waals surface area contributed by atoms with E-state index in [1.165, 1.54) is 0 Å². The summed E-state index contributed by atoms with van der Waals surface area (Å²) in [6.45, 7) is 6.84. The third kappa shape index (κ3) is 5.60. The molecule has 1 aliphatic rings. The van der Waals surface area contributed by atoms with Crippen LogP contribution in [0.5, 0.6) is 5.88 Å². The lowest BCUT2D eigenvalue weighted by Crippen LogP contribution is -2.26. The first-order valence-electron chi connectivity index (χ1n) is 10.4. The first-order valence-corrected chi connectivity index (χ1v) is 11.2. The minimum absolute atomic E-state index is 0.0175. The van der Waals surface area contributed by atoms with E-state index in [1.807, 2.05) is 12.1 Å². The van der Waals surface area contributed by atoms with Gasteiger partial charge in [-0.15, -0.1) is 0 Å². The molecule has 1 fully saturated rings. The Morgan fingerprint density at radius 2 is 2.22 bits per heavy atom. The van der Waals surface area contributed by atoms with Crippen LogP contribution in [-0.2, 0) is 6.42 Å². The van der Waals surface area contributed by atoms with Crippen LogP contribution in [0.25, 0.3) is 0 Å². The van der Waals surface area contributed by atoms with Crippen molar-refractivity contribution in [3.63, 3.8) is 0 Å². The van der Waals surface area contributed by atoms with Crippen LogP contribution < -0.4 is 9.64 Å². The molecule has 7 heteroatoms. The molecule has 32 heavy (non-hydrogen) atoms. The average molecular weight is 473 g/mol. The van der Waals surface area contributed by atoms with Gasteiger partial charge in [0, 0.05) is 47.6 Å². The molecule has 1 atom stereocenters. The van der Waals surface area contributed by atoms with E-state index < -0.39 is 0 Å². The molecule has 2 aromatic rings. The van der Waals surface area contributed by atoms with Gasteiger partial charge in [0.05, 0.1) is 6.54 Å². The zero-order chi connectivity index (χ0) is 23.1. The number of aliphatic hydroxyl groups is 1. The van der Waals surface area contributed by atoms with Gasteiger partial charge in [-0.25, -0.2) is 4.98 Å². The Balaban J connectivity index is 1.87. The quantitative estimate of drug-likeness (QED) is 0.302. The summed E-state index contributed by atoms with van der Waals surface area (Å²) < 4.78 is 6.01. The molecule has 1 saturated heterocycles. The number of nitrogens with zero attached hydrogens (tertiary/aromatic N) is 2. The lowest BCUT2D eigenvalue weighted by atomic mass is 9.98. The number of rotatable bonds is 9. The highest BCUT2D eigenvalue weighted by Gasteiger charge is 2.27. The van der Waals surface area contributed by atoms with Gasteiger partial charge in [-0.1, -0.05) is 60.1 Å². The van der Waals surface area contributed by atoms with Crippen molar-refractivity contribution in [3.05, 3.63) is 88.1 Å². The number of carbonyl (C=O) groups excluding carboxylic acids is 1. The van der Waals surface area contributed by atoms with Gasteiger partial charge in [-0.2, -0.15) is 0 Å². The fourth-order valence-electron chi connectivity index (χ4n) is 3.68. The minimum atomic E-state index is -0.183. The zero-order valence-corrected chi connectivity index (χ0v) is 19.4. The van der Waals surface area contributed by atoms with Gasteiger partial charge in [0.2, 0.25) is 5.88 Å². The Morgan fingerprint density at radius 3 is 2.91 bits per heavy atom. The first kappa shape index (κ1) is 24.1. The smallest absolute Gasteiger partial charge is 0.232 e. The molecule has 0 amide bonds. The highest BCUT2D eigenvalue weighted by molar-refractivity contribution is 6.36. The van der Waals surface area contributed by atoms with Gasteiger partial charge in [0.1, 0.15) is 11.1 Å². The molecule has 0 aliphatic carbocycles. The number of pyridine rings is 1. The van der Waals surface area contributed by atoms with Crippen molar-refractivity contribution in [2.45, 2.75) is 25.9 Å². The van der Waals surface area contributed by atoms with Crippen LogP contribution in [0, 0.1) is 0 Å². The van der Waals surface area contributed by atoms with Gasteiger partial charge in [-0.3, -0.25) is 4.79 Å². The largest absolute Gasteiger partial charge is 0.471 e. The molecule has 0 spiro atoms. The Kier molecular flexibility index (Phi) is 8.51.